The quantitative estimate of drug-likeness (QED) is 0.468. The molecule has 0 saturated heterocycles. The number of rotatable bonds is 3. The van der Waals surface area contributed by atoms with Crippen molar-refractivity contribution in [3.8, 4) is 45.1 Å². The first-order valence-corrected chi connectivity index (χ1v) is 9.44. The van der Waals surface area contributed by atoms with Gasteiger partial charge in [-0.05, 0) is 42.5 Å². The molecule has 30 heavy (non-hydrogen) atoms. The lowest BCUT2D eigenvalue weighted by atomic mass is 10.0. The first kappa shape index (κ1) is 16.8. The molecule has 6 nitrogen and oxygen atoms in total. The zero-order valence-electron chi connectivity index (χ0n) is 15.7. The van der Waals surface area contributed by atoms with Crippen LogP contribution >= 0.6 is 0 Å². The van der Waals surface area contributed by atoms with Crippen molar-refractivity contribution < 1.29 is 13.9 Å². The molecule has 0 fully saturated rings. The summed E-state index contributed by atoms with van der Waals surface area (Å²) in [6.07, 6.45) is 5.52. The van der Waals surface area contributed by atoms with E-state index >= 15 is 0 Å². The van der Waals surface area contributed by atoms with Crippen molar-refractivity contribution in [3.63, 3.8) is 0 Å². The predicted molar refractivity (Wildman–Crippen MR) is 110 cm³/mol. The van der Waals surface area contributed by atoms with Gasteiger partial charge in [-0.25, -0.2) is 9.37 Å². The summed E-state index contributed by atoms with van der Waals surface area (Å²) in [6.45, 7) is 0.232. The van der Waals surface area contributed by atoms with E-state index in [0.717, 1.165) is 39.5 Å². The number of pyridine rings is 1. The summed E-state index contributed by atoms with van der Waals surface area (Å²) in [6, 6.07) is 16.4. The molecule has 6 rings (SSSR count). The van der Waals surface area contributed by atoms with Crippen LogP contribution in [0.2, 0.25) is 0 Å². The summed E-state index contributed by atoms with van der Waals surface area (Å²) in [4.78, 5) is 4.51. The average molecular weight is 398 g/mol. The van der Waals surface area contributed by atoms with Crippen molar-refractivity contribution in [2.24, 2.45) is 0 Å². The monoisotopic (exact) mass is 398 g/mol. The SMILES string of the molecule is Fc1ccccc1-c1[nH]ncc1-c1ccc2ncc(-c3ccc4c(c3)OCO4)n2c1. The number of benzene rings is 2. The van der Waals surface area contributed by atoms with Gasteiger partial charge in [-0.1, -0.05) is 12.1 Å². The molecule has 0 saturated carbocycles. The van der Waals surface area contributed by atoms with Crippen LogP contribution in [-0.2, 0) is 0 Å². The van der Waals surface area contributed by atoms with E-state index in [9.17, 15) is 4.39 Å². The Morgan fingerprint density at radius 1 is 0.900 bits per heavy atom. The minimum atomic E-state index is -0.298. The minimum Gasteiger partial charge on any atom is -0.454 e. The standard InChI is InChI=1S/C23H15FN4O2/c24-18-4-2-1-3-16(18)23-17(10-26-27-23)15-6-8-22-25-11-19(28(22)12-15)14-5-7-20-21(9-14)30-13-29-20/h1-12H,13H2,(H,26,27). The van der Waals surface area contributed by atoms with Crippen LogP contribution in [-0.4, -0.2) is 26.4 Å². The van der Waals surface area contributed by atoms with Crippen molar-refractivity contribution in [1.82, 2.24) is 19.6 Å². The Morgan fingerprint density at radius 2 is 1.77 bits per heavy atom. The molecule has 0 radical (unpaired) electrons. The van der Waals surface area contributed by atoms with Crippen LogP contribution in [0.1, 0.15) is 0 Å². The normalized spacial score (nSPS) is 12.6. The van der Waals surface area contributed by atoms with E-state index in [0.29, 0.717) is 11.3 Å². The summed E-state index contributed by atoms with van der Waals surface area (Å²) >= 11 is 0. The molecular formula is C23H15FN4O2. The van der Waals surface area contributed by atoms with E-state index in [-0.39, 0.29) is 12.6 Å². The molecular weight excluding hydrogens is 383 g/mol. The number of hydrogen-bond acceptors (Lipinski definition) is 4. The molecule has 0 spiro atoms. The van der Waals surface area contributed by atoms with Crippen molar-refractivity contribution in [2.75, 3.05) is 6.79 Å². The Hall–Kier alpha value is -4.13. The largest absolute Gasteiger partial charge is 0.454 e. The molecule has 0 bridgehead atoms. The van der Waals surface area contributed by atoms with Gasteiger partial charge in [0.25, 0.3) is 0 Å². The zero-order chi connectivity index (χ0) is 20.1. The van der Waals surface area contributed by atoms with E-state index in [1.54, 1.807) is 24.4 Å². The summed E-state index contributed by atoms with van der Waals surface area (Å²) in [5.41, 5.74) is 5.51. The van der Waals surface area contributed by atoms with Crippen molar-refractivity contribution in [1.29, 1.82) is 0 Å². The molecule has 4 heterocycles. The number of H-pyrrole nitrogens is 1. The van der Waals surface area contributed by atoms with Crippen LogP contribution in [0.4, 0.5) is 4.39 Å². The number of ether oxygens (including phenoxy) is 2. The van der Waals surface area contributed by atoms with Gasteiger partial charge in [-0.3, -0.25) is 9.50 Å². The zero-order valence-corrected chi connectivity index (χ0v) is 15.7. The van der Waals surface area contributed by atoms with E-state index in [1.807, 2.05) is 47.1 Å². The molecule has 2 aromatic carbocycles. The summed E-state index contributed by atoms with van der Waals surface area (Å²) in [7, 11) is 0. The summed E-state index contributed by atoms with van der Waals surface area (Å²) in [5.74, 6) is 1.16. The van der Waals surface area contributed by atoms with Crippen molar-refractivity contribution >= 4 is 5.65 Å². The van der Waals surface area contributed by atoms with Crippen molar-refractivity contribution in [2.45, 2.75) is 0 Å². The lowest BCUT2D eigenvalue weighted by Gasteiger charge is -2.08. The Kier molecular flexibility index (Phi) is 3.61. The molecule has 146 valence electrons. The highest BCUT2D eigenvalue weighted by Gasteiger charge is 2.17. The summed E-state index contributed by atoms with van der Waals surface area (Å²) in [5, 5.41) is 7.09. The smallest absolute Gasteiger partial charge is 0.231 e. The number of halogens is 1. The van der Waals surface area contributed by atoms with Gasteiger partial charge in [-0.2, -0.15) is 5.10 Å². The fraction of sp³-hybridized carbons (Fsp3) is 0.0435. The second-order valence-corrected chi connectivity index (χ2v) is 7.00. The molecule has 0 atom stereocenters. The highest BCUT2D eigenvalue weighted by molar-refractivity contribution is 5.81. The van der Waals surface area contributed by atoms with Gasteiger partial charge in [0.15, 0.2) is 11.5 Å². The number of aromatic amines is 1. The molecule has 0 aliphatic carbocycles. The number of aromatic nitrogens is 4. The van der Waals surface area contributed by atoms with Crippen LogP contribution < -0.4 is 9.47 Å². The number of fused-ring (bicyclic) bond motifs is 2. The second-order valence-electron chi connectivity index (χ2n) is 7.00. The molecule has 1 N–H and O–H groups in total. The van der Waals surface area contributed by atoms with Crippen LogP contribution in [0.15, 0.2) is 73.2 Å². The van der Waals surface area contributed by atoms with Gasteiger partial charge in [0.05, 0.1) is 23.8 Å². The predicted octanol–water partition coefficient (Wildman–Crippen LogP) is 4.93. The highest BCUT2D eigenvalue weighted by atomic mass is 19.1. The van der Waals surface area contributed by atoms with Crippen molar-refractivity contribution in [3.05, 3.63) is 79.0 Å². The maximum Gasteiger partial charge on any atom is 0.231 e. The van der Waals surface area contributed by atoms with Crippen LogP contribution in [0.3, 0.4) is 0 Å². The van der Waals surface area contributed by atoms with Gasteiger partial charge in [0, 0.05) is 28.5 Å². The van der Waals surface area contributed by atoms with Gasteiger partial charge >= 0.3 is 0 Å². The first-order chi connectivity index (χ1) is 14.8. The molecule has 7 heteroatoms. The maximum atomic E-state index is 14.4. The lowest BCUT2D eigenvalue weighted by Crippen LogP contribution is -1.93. The third kappa shape index (κ3) is 2.56. The Labute approximate surface area is 170 Å². The van der Waals surface area contributed by atoms with Gasteiger partial charge in [0.2, 0.25) is 6.79 Å². The van der Waals surface area contributed by atoms with Gasteiger partial charge in [-0.15, -0.1) is 0 Å². The Bertz CT molecular complexity index is 1410. The third-order valence-corrected chi connectivity index (χ3v) is 5.27. The van der Waals surface area contributed by atoms with Crippen LogP contribution in [0, 0.1) is 5.82 Å². The number of nitrogens with one attached hydrogen (secondary N) is 1. The minimum absolute atomic E-state index is 0.232. The third-order valence-electron chi connectivity index (χ3n) is 5.27. The number of nitrogens with zero attached hydrogens (tertiary/aromatic N) is 3. The molecule has 1 aliphatic rings. The molecule has 3 aromatic heterocycles. The summed E-state index contributed by atoms with van der Waals surface area (Å²) < 4.78 is 27.3. The Balaban J connectivity index is 1.49. The molecule has 0 amide bonds. The fourth-order valence-electron chi connectivity index (χ4n) is 3.78. The van der Waals surface area contributed by atoms with Gasteiger partial charge in [0.1, 0.15) is 11.5 Å². The number of imidazole rings is 1. The topological polar surface area (TPSA) is 64.4 Å². The number of hydrogen-bond donors (Lipinski definition) is 1. The highest BCUT2D eigenvalue weighted by Crippen LogP contribution is 2.37. The first-order valence-electron chi connectivity index (χ1n) is 9.44. The average Bonchev–Trinajstić information content (AvgIpc) is 3.51. The van der Waals surface area contributed by atoms with Gasteiger partial charge < -0.3 is 9.47 Å². The molecule has 1 aliphatic heterocycles. The Morgan fingerprint density at radius 3 is 2.70 bits per heavy atom. The lowest BCUT2D eigenvalue weighted by molar-refractivity contribution is 0.174. The van der Waals surface area contributed by atoms with E-state index in [1.165, 1.54) is 6.07 Å². The van der Waals surface area contributed by atoms with E-state index in [4.69, 9.17) is 9.47 Å². The molecule has 5 aromatic rings. The van der Waals surface area contributed by atoms with E-state index in [2.05, 4.69) is 15.2 Å². The second kappa shape index (κ2) is 6.45. The maximum absolute atomic E-state index is 14.4. The molecule has 0 unspecified atom stereocenters. The van der Waals surface area contributed by atoms with E-state index < -0.39 is 0 Å². The van der Waals surface area contributed by atoms with Crippen LogP contribution in [0.5, 0.6) is 11.5 Å². The fourth-order valence-corrected chi connectivity index (χ4v) is 3.78. The van der Waals surface area contributed by atoms with Crippen LogP contribution in [0.25, 0.3) is 39.3 Å².